The largest absolute Gasteiger partial charge is 0.281 e. The summed E-state index contributed by atoms with van der Waals surface area (Å²) in [6.45, 7) is 4.75. The summed E-state index contributed by atoms with van der Waals surface area (Å²) >= 11 is 0. The average Bonchev–Trinajstić information content (AvgIpc) is 3.48. The number of benzene rings is 6. The summed E-state index contributed by atoms with van der Waals surface area (Å²) in [7, 11) is 0. The third-order valence-electron chi connectivity index (χ3n) is 13.0. The fourth-order valence-electron chi connectivity index (χ4n) is 9.76. The molecule has 1 nitrogen and oxygen atoms in total. The normalized spacial score (nSPS) is 19.2. The van der Waals surface area contributed by atoms with E-state index in [-0.39, 0.29) is 11.5 Å². The van der Waals surface area contributed by atoms with Gasteiger partial charge in [0.05, 0.1) is 6.04 Å². The van der Waals surface area contributed by atoms with Gasteiger partial charge in [0.25, 0.3) is 0 Å². The number of nitrogens with zero attached hydrogens (tertiary/aromatic N) is 1. The minimum atomic E-state index is -0.0362. The van der Waals surface area contributed by atoms with E-state index >= 15 is 0 Å². The number of hydrogen-bond donors (Lipinski definition) is 0. The highest BCUT2D eigenvalue weighted by molar-refractivity contribution is 6.02. The summed E-state index contributed by atoms with van der Waals surface area (Å²) in [5.74, 6) is 0.936. The van der Waals surface area contributed by atoms with Crippen molar-refractivity contribution in [3.63, 3.8) is 0 Å². The van der Waals surface area contributed by atoms with Crippen molar-refractivity contribution in [3.05, 3.63) is 214 Å². The molecule has 278 valence electrons. The number of hydrogen-bond acceptors (Lipinski definition) is 1. The quantitative estimate of drug-likeness (QED) is 0.141. The molecule has 0 amide bonds. The second-order valence-electron chi connectivity index (χ2n) is 16.8. The van der Waals surface area contributed by atoms with Crippen LogP contribution in [0.4, 0.5) is 0 Å². The van der Waals surface area contributed by atoms with Gasteiger partial charge >= 0.3 is 0 Å². The van der Waals surface area contributed by atoms with Crippen molar-refractivity contribution in [1.82, 2.24) is 0 Å². The molecule has 0 spiro atoms. The summed E-state index contributed by atoms with van der Waals surface area (Å²) < 4.78 is 0. The fourth-order valence-corrected chi connectivity index (χ4v) is 9.76. The van der Waals surface area contributed by atoms with Gasteiger partial charge < -0.3 is 0 Å². The molecule has 6 aromatic carbocycles. The van der Waals surface area contributed by atoms with Crippen molar-refractivity contribution in [2.75, 3.05) is 0 Å². The molecule has 3 unspecified atom stereocenters. The van der Waals surface area contributed by atoms with Gasteiger partial charge in [-0.2, -0.15) is 0 Å². The summed E-state index contributed by atoms with van der Waals surface area (Å²) in [5.41, 5.74) is 17.7. The molecule has 3 atom stereocenters. The van der Waals surface area contributed by atoms with E-state index in [1.54, 1.807) is 5.57 Å². The first kappa shape index (κ1) is 36.1. The molecule has 6 aromatic rings. The van der Waals surface area contributed by atoms with Gasteiger partial charge in [-0.25, -0.2) is 0 Å². The molecule has 56 heavy (non-hydrogen) atoms. The minimum Gasteiger partial charge on any atom is -0.281 e. The van der Waals surface area contributed by atoms with Crippen LogP contribution in [-0.2, 0) is 11.8 Å². The number of aryl methyl sites for hydroxylation is 1. The molecule has 2 aliphatic carbocycles. The van der Waals surface area contributed by atoms with Crippen LogP contribution in [0.15, 0.2) is 180 Å². The molecular weight excluding hydrogens is 675 g/mol. The molecule has 1 aliphatic heterocycles. The minimum absolute atomic E-state index is 0.0362. The van der Waals surface area contributed by atoms with E-state index in [0.717, 1.165) is 44.9 Å². The average molecular weight is 728 g/mol. The zero-order chi connectivity index (χ0) is 37.9. The van der Waals surface area contributed by atoms with Gasteiger partial charge in [0.1, 0.15) is 0 Å². The van der Waals surface area contributed by atoms with Gasteiger partial charge in [-0.05, 0) is 118 Å². The van der Waals surface area contributed by atoms with Crippen molar-refractivity contribution in [2.24, 2.45) is 4.99 Å². The highest BCUT2D eigenvalue weighted by atomic mass is 14.8. The Hall–Kier alpha value is -5.53. The first-order chi connectivity index (χ1) is 27.5. The van der Waals surface area contributed by atoms with Gasteiger partial charge in [-0.15, -0.1) is 0 Å². The highest BCUT2D eigenvalue weighted by Crippen LogP contribution is 2.49. The van der Waals surface area contributed by atoms with Gasteiger partial charge in [-0.1, -0.05) is 190 Å². The molecule has 0 saturated carbocycles. The summed E-state index contributed by atoms with van der Waals surface area (Å²) in [4.78, 5) is 5.69. The van der Waals surface area contributed by atoms with Crippen LogP contribution in [0.5, 0.6) is 0 Å². The molecule has 0 fully saturated rings. The molecule has 0 radical (unpaired) electrons. The van der Waals surface area contributed by atoms with Gasteiger partial charge in [0.2, 0.25) is 0 Å². The second-order valence-corrected chi connectivity index (χ2v) is 16.8. The molecular formula is C55H53N. The fraction of sp³-hybridized carbons (Fsp3) is 0.255. The number of rotatable bonds is 9. The zero-order valence-corrected chi connectivity index (χ0v) is 33.0. The third kappa shape index (κ3) is 7.40. The maximum absolute atomic E-state index is 5.69. The number of aliphatic imine (C=N–C) groups is 1. The first-order valence-electron chi connectivity index (χ1n) is 21.0. The van der Waals surface area contributed by atoms with E-state index < -0.39 is 0 Å². The molecule has 0 N–H and O–H groups in total. The van der Waals surface area contributed by atoms with Crippen LogP contribution in [0.2, 0.25) is 0 Å². The van der Waals surface area contributed by atoms with Crippen molar-refractivity contribution in [1.29, 1.82) is 0 Å². The predicted molar refractivity (Wildman–Crippen MR) is 237 cm³/mol. The van der Waals surface area contributed by atoms with Crippen LogP contribution in [0.25, 0.3) is 22.3 Å². The Morgan fingerprint density at radius 2 is 1.32 bits per heavy atom. The molecule has 0 saturated heterocycles. The highest BCUT2D eigenvalue weighted by Gasteiger charge is 2.35. The molecule has 0 bridgehead atoms. The maximum atomic E-state index is 5.69. The molecule has 3 aliphatic rings. The molecule has 9 rings (SSSR count). The van der Waals surface area contributed by atoms with E-state index in [2.05, 4.69) is 184 Å². The number of fused-ring (bicyclic) bond motifs is 3. The Morgan fingerprint density at radius 1 is 0.643 bits per heavy atom. The standard InChI is InChI=1S/C55H53N/c1-55(2)51-23-13-12-22-49(51)50-36-34-47(37-52(50)55)54-38-46(40-15-6-3-7-16-40)21-14-24-53(56-54)45-32-30-42(31-33-45)41-28-25-39(26-29-41)27-35-48(43-17-8-4-9-18-43)44-19-10-5-11-20-44/h3-10,12-13,15-19,22-23,25-26,28-34,36-37,46,48,53H,11,14,20-21,24,27,35,38H2,1-2H3. The molecule has 1 heteroatoms. The van der Waals surface area contributed by atoms with E-state index in [0.29, 0.717) is 11.8 Å². The van der Waals surface area contributed by atoms with Crippen LogP contribution in [-0.4, -0.2) is 5.71 Å². The summed E-state index contributed by atoms with van der Waals surface area (Å²) in [5, 5.41) is 0. The van der Waals surface area contributed by atoms with E-state index in [9.17, 15) is 0 Å². The lowest BCUT2D eigenvalue weighted by Crippen LogP contribution is -2.17. The first-order valence-corrected chi connectivity index (χ1v) is 21.0. The van der Waals surface area contributed by atoms with E-state index in [1.807, 2.05) is 0 Å². The topological polar surface area (TPSA) is 12.4 Å². The second kappa shape index (κ2) is 15.9. The Morgan fingerprint density at radius 3 is 2.07 bits per heavy atom. The lowest BCUT2D eigenvalue weighted by atomic mass is 9.80. The molecule has 0 aromatic heterocycles. The van der Waals surface area contributed by atoms with Crippen LogP contribution in [0.1, 0.15) is 116 Å². The van der Waals surface area contributed by atoms with Crippen LogP contribution >= 0.6 is 0 Å². The van der Waals surface area contributed by atoms with Gasteiger partial charge in [-0.3, -0.25) is 4.99 Å². The van der Waals surface area contributed by atoms with Crippen molar-refractivity contribution >= 4 is 5.71 Å². The monoisotopic (exact) mass is 727 g/mol. The smallest absolute Gasteiger partial charge is 0.0752 e. The van der Waals surface area contributed by atoms with Gasteiger partial charge in [0, 0.05) is 17.0 Å². The Bertz CT molecular complexity index is 2380. The van der Waals surface area contributed by atoms with Crippen LogP contribution in [0, 0.1) is 0 Å². The summed E-state index contributed by atoms with van der Waals surface area (Å²) in [6.07, 6.45) is 15.7. The van der Waals surface area contributed by atoms with Gasteiger partial charge in [0.15, 0.2) is 0 Å². The zero-order valence-electron chi connectivity index (χ0n) is 33.0. The van der Waals surface area contributed by atoms with E-state index in [1.165, 1.54) is 73.3 Å². The van der Waals surface area contributed by atoms with E-state index in [4.69, 9.17) is 4.99 Å². The van der Waals surface area contributed by atoms with Crippen LogP contribution in [0.3, 0.4) is 0 Å². The van der Waals surface area contributed by atoms with Crippen LogP contribution < -0.4 is 0 Å². The molecule has 1 heterocycles. The van der Waals surface area contributed by atoms with Crippen molar-refractivity contribution in [2.45, 2.75) is 88.5 Å². The Kier molecular flexibility index (Phi) is 10.3. The Labute approximate surface area is 334 Å². The predicted octanol–water partition coefficient (Wildman–Crippen LogP) is 14.5. The lowest BCUT2D eigenvalue weighted by molar-refractivity contribution is 0.521. The Balaban J connectivity index is 0.958. The number of allylic oxidation sites excluding steroid dienone is 4. The van der Waals surface area contributed by atoms with Crippen molar-refractivity contribution < 1.29 is 0 Å². The SMILES string of the molecule is CC1(C)c2ccccc2-c2ccc(C3=NC(c4ccc(-c5ccc(CCC(C6=CC=CCC6)c6ccccc6)cc5)cc4)CCCC(c4ccccc4)C3)cc21. The van der Waals surface area contributed by atoms with Crippen molar-refractivity contribution in [3.8, 4) is 22.3 Å². The third-order valence-corrected chi connectivity index (χ3v) is 13.0. The maximum Gasteiger partial charge on any atom is 0.0752 e. The lowest BCUT2D eigenvalue weighted by Gasteiger charge is -2.26. The summed E-state index contributed by atoms with van der Waals surface area (Å²) in [6, 6.07) is 57.1.